The maximum atomic E-state index is 13.1. The van der Waals surface area contributed by atoms with Crippen molar-refractivity contribution in [3.8, 4) is 0 Å². The Morgan fingerprint density at radius 2 is 1.03 bits per heavy atom. The van der Waals surface area contributed by atoms with E-state index in [1.54, 1.807) is 11.9 Å². The zero-order chi connectivity index (χ0) is 26.2. The molecule has 3 aromatic carbocycles. The molecule has 2 N–H and O–H groups in total. The lowest BCUT2D eigenvalue weighted by Gasteiger charge is -2.25. The van der Waals surface area contributed by atoms with Gasteiger partial charge in [0.15, 0.2) is 0 Å². The lowest BCUT2D eigenvalue weighted by molar-refractivity contribution is -0.123. The van der Waals surface area contributed by atoms with Gasteiger partial charge in [0, 0.05) is 24.1 Å². The van der Waals surface area contributed by atoms with Crippen LogP contribution < -0.4 is 15.5 Å². The van der Waals surface area contributed by atoms with Gasteiger partial charge in [-0.05, 0) is 62.1 Å². The highest BCUT2D eigenvalue weighted by Crippen LogP contribution is 2.20. The number of benzene rings is 3. The van der Waals surface area contributed by atoms with E-state index in [-0.39, 0.29) is 37.4 Å². The van der Waals surface area contributed by atoms with Gasteiger partial charge >= 0.3 is 0 Å². The molecule has 0 saturated heterocycles. The molecule has 0 unspecified atom stereocenters. The van der Waals surface area contributed by atoms with Crippen molar-refractivity contribution in [3.05, 3.63) is 89.0 Å². The fourth-order valence-electron chi connectivity index (χ4n) is 4.05. The summed E-state index contributed by atoms with van der Waals surface area (Å²) < 4.78 is 0. The number of aryl methyl sites for hydroxylation is 4. The summed E-state index contributed by atoms with van der Waals surface area (Å²) in [5.74, 6) is -0.800. The van der Waals surface area contributed by atoms with Crippen LogP contribution in [0.4, 0.5) is 17.1 Å². The number of amides is 3. The highest BCUT2D eigenvalue weighted by atomic mass is 16.2. The third-order valence-corrected chi connectivity index (χ3v) is 6.10. The summed E-state index contributed by atoms with van der Waals surface area (Å²) in [7, 11) is 1.68. The van der Waals surface area contributed by atoms with Gasteiger partial charge in [-0.3, -0.25) is 19.3 Å². The molecular formula is C29H34N4O3. The van der Waals surface area contributed by atoms with Crippen molar-refractivity contribution in [2.45, 2.75) is 27.7 Å². The van der Waals surface area contributed by atoms with Gasteiger partial charge in [-0.25, -0.2) is 0 Å². The molecule has 0 heterocycles. The number of carbonyl (C=O) groups excluding carboxylic acids is 3. The molecule has 7 heteroatoms. The van der Waals surface area contributed by atoms with E-state index >= 15 is 0 Å². The van der Waals surface area contributed by atoms with Gasteiger partial charge in [0.1, 0.15) is 0 Å². The van der Waals surface area contributed by atoms with E-state index in [0.717, 1.165) is 39.3 Å². The van der Waals surface area contributed by atoms with Crippen LogP contribution in [0.1, 0.15) is 22.3 Å². The van der Waals surface area contributed by atoms with Crippen LogP contribution in [0.2, 0.25) is 0 Å². The Labute approximate surface area is 213 Å². The summed E-state index contributed by atoms with van der Waals surface area (Å²) in [6.45, 7) is 7.40. The summed E-state index contributed by atoms with van der Waals surface area (Å²) in [5, 5.41) is 5.89. The van der Waals surface area contributed by atoms with Crippen LogP contribution in [0.5, 0.6) is 0 Å². The van der Waals surface area contributed by atoms with Crippen molar-refractivity contribution in [1.29, 1.82) is 0 Å². The van der Waals surface area contributed by atoms with E-state index in [9.17, 15) is 14.4 Å². The number of nitrogens with one attached hydrogen (secondary N) is 2. The minimum Gasteiger partial charge on any atom is -0.324 e. The standard InChI is InChI=1S/C29H34N4O3/c1-20-11-9-12-21(2)28(20)30-25(34)17-33(19-27(36)32(5)24-15-7-6-8-16-24)18-26(35)31-29-22(3)13-10-14-23(29)4/h6-16H,17-19H2,1-5H3,(H,30,34)(H,31,35). The van der Waals surface area contributed by atoms with Crippen LogP contribution in [0.25, 0.3) is 0 Å². The molecule has 0 bridgehead atoms. The first-order chi connectivity index (χ1) is 17.2. The van der Waals surface area contributed by atoms with Crippen LogP contribution in [-0.2, 0) is 14.4 Å². The predicted octanol–water partition coefficient (Wildman–Crippen LogP) is 4.46. The molecule has 3 amide bonds. The number of rotatable bonds is 9. The largest absolute Gasteiger partial charge is 0.324 e. The number of anilines is 3. The smallest absolute Gasteiger partial charge is 0.240 e. The van der Waals surface area contributed by atoms with Crippen molar-refractivity contribution in [1.82, 2.24) is 4.90 Å². The second kappa shape index (κ2) is 12.1. The van der Waals surface area contributed by atoms with Crippen molar-refractivity contribution >= 4 is 34.8 Å². The van der Waals surface area contributed by atoms with Crippen molar-refractivity contribution in [2.75, 3.05) is 42.2 Å². The first-order valence-corrected chi connectivity index (χ1v) is 11.9. The van der Waals surface area contributed by atoms with Gasteiger partial charge in [0.25, 0.3) is 0 Å². The van der Waals surface area contributed by atoms with E-state index in [4.69, 9.17) is 0 Å². The lowest BCUT2D eigenvalue weighted by Crippen LogP contribution is -2.45. The van der Waals surface area contributed by atoms with E-state index in [0.29, 0.717) is 0 Å². The van der Waals surface area contributed by atoms with Crippen LogP contribution in [0, 0.1) is 27.7 Å². The molecule has 0 aliphatic carbocycles. The Morgan fingerprint density at radius 3 is 1.44 bits per heavy atom. The Bertz CT molecular complexity index is 1130. The topological polar surface area (TPSA) is 81.8 Å². The van der Waals surface area contributed by atoms with Gasteiger partial charge in [0.05, 0.1) is 19.6 Å². The second-order valence-corrected chi connectivity index (χ2v) is 9.06. The maximum Gasteiger partial charge on any atom is 0.240 e. The number of hydrogen-bond acceptors (Lipinski definition) is 4. The van der Waals surface area contributed by atoms with Crippen molar-refractivity contribution in [3.63, 3.8) is 0 Å². The highest BCUT2D eigenvalue weighted by Gasteiger charge is 2.22. The molecule has 0 atom stereocenters. The Balaban J connectivity index is 1.76. The normalized spacial score (nSPS) is 10.7. The number of para-hydroxylation sites is 3. The Hall–Kier alpha value is -3.97. The SMILES string of the molecule is Cc1cccc(C)c1NC(=O)CN(CC(=O)Nc1c(C)cccc1C)CC(=O)N(C)c1ccccc1. The summed E-state index contributed by atoms with van der Waals surface area (Å²) >= 11 is 0. The van der Waals surface area contributed by atoms with Gasteiger partial charge in [-0.1, -0.05) is 54.6 Å². The van der Waals surface area contributed by atoms with Gasteiger partial charge < -0.3 is 15.5 Å². The molecule has 0 fully saturated rings. The minimum absolute atomic E-state index is 0.0915. The number of nitrogens with zero attached hydrogens (tertiary/aromatic N) is 2. The van der Waals surface area contributed by atoms with Crippen molar-refractivity contribution in [2.24, 2.45) is 0 Å². The quantitative estimate of drug-likeness (QED) is 0.468. The van der Waals surface area contributed by atoms with Gasteiger partial charge in [0.2, 0.25) is 17.7 Å². The molecule has 3 rings (SSSR count). The Morgan fingerprint density at radius 1 is 0.611 bits per heavy atom. The number of carbonyl (C=O) groups is 3. The zero-order valence-corrected chi connectivity index (χ0v) is 21.6. The fourth-order valence-corrected chi connectivity index (χ4v) is 4.05. The van der Waals surface area contributed by atoms with Gasteiger partial charge in [-0.2, -0.15) is 0 Å². The number of hydrogen-bond donors (Lipinski definition) is 2. The maximum absolute atomic E-state index is 13.1. The average molecular weight is 487 g/mol. The lowest BCUT2D eigenvalue weighted by atomic mass is 10.1. The summed E-state index contributed by atoms with van der Waals surface area (Å²) in [6.07, 6.45) is 0. The fraction of sp³-hybridized carbons (Fsp3) is 0.276. The molecule has 36 heavy (non-hydrogen) atoms. The summed E-state index contributed by atoms with van der Waals surface area (Å²) in [5.41, 5.74) is 6.02. The highest BCUT2D eigenvalue weighted by molar-refractivity contribution is 5.98. The minimum atomic E-state index is -0.289. The van der Waals surface area contributed by atoms with Crippen LogP contribution in [0.3, 0.4) is 0 Å². The number of likely N-dealkylation sites (N-methyl/N-ethyl adjacent to an activating group) is 1. The van der Waals surface area contributed by atoms with E-state index in [1.807, 2.05) is 94.4 Å². The molecule has 0 radical (unpaired) electrons. The molecular weight excluding hydrogens is 452 g/mol. The molecule has 188 valence electrons. The van der Waals surface area contributed by atoms with Crippen LogP contribution in [-0.4, -0.2) is 49.3 Å². The molecule has 7 nitrogen and oxygen atoms in total. The average Bonchev–Trinajstić information content (AvgIpc) is 2.84. The summed E-state index contributed by atoms with van der Waals surface area (Å²) in [4.78, 5) is 42.1. The van der Waals surface area contributed by atoms with E-state index in [1.165, 1.54) is 4.90 Å². The van der Waals surface area contributed by atoms with Crippen LogP contribution in [0.15, 0.2) is 66.7 Å². The summed E-state index contributed by atoms with van der Waals surface area (Å²) in [6, 6.07) is 20.8. The first-order valence-electron chi connectivity index (χ1n) is 11.9. The third kappa shape index (κ3) is 7.02. The predicted molar refractivity (Wildman–Crippen MR) is 145 cm³/mol. The zero-order valence-electron chi connectivity index (χ0n) is 21.6. The monoisotopic (exact) mass is 486 g/mol. The third-order valence-electron chi connectivity index (χ3n) is 6.10. The molecule has 0 aliphatic rings. The van der Waals surface area contributed by atoms with E-state index < -0.39 is 0 Å². The Kier molecular flexibility index (Phi) is 8.97. The molecule has 0 aromatic heterocycles. The van der Waals surface area contributed by atoms with Gasteiger partial charge in [-0.15, -0.1) is 0 Å². The van der Waals surface area contributed by atoms with Crippen molar-refractivity contribution < 1.29 is 14.4 Å². The second-order valence-electron chi connectivity index (χ2n) is 9.06. The molecule has 0 aliphatic heterocycles. The van der Waals surface area contributed by atoms with E-state index in [2.05, 4.69) is 10.6 Å². The molecule has 3 aromatic rings. The molecule has 0 spiro atoms. The molecule has 0 saturated carbocycles. The van der Waals surface area contributed by atoms with Crippen LogP contribution >= 0.6 is 0 Å². The first kappa shape index (κ1) is 26.6.